The Morgan fingerprint density at radius 3 is 2.67 bits per heavy atom. The first-order valence-electron chi connectivity index (χ1n) is 6.59. The molecule has 0 spiro atoms. The van der Waals surface area contributed by atoms with E-state index in [9.17, 15) is 4.79 Å². The van der Waals surface area contributed by atoms with Gasteiger partial charge in [-0.15, -0.1) is 0 Å². The van der Waals surface area contributed by atoms with E-state index < -0.39 is 0 Å². The average Bonchev–Trinajstić information content (AvgIpc) is 2.95. The standard InChI is InChI=1S/C13H22N4O/c1-10-12(9-16(2)15-10)7-11(8-14)13(18)17-5-3-4-6-17/h9,11H,3-8,14H2,1-2H3. The van der Waals surface area contributed by atoms with Crippen molar-refractivity contribution in [2.75, 3.05) is 19.6 Å². The van der Waals surface area contributed by atoms with Gasteiger partial charge in [-0.1, -0.05) is 0 Å². The first-order chi connectivity index (χ1) is 8.61. The van der Waals surface area contributed by atoms with Crippen molar-refractivity contribution in [3.63, 3.8) is 0 Å². The number of hydrogen-bond donors (Lipinski definition) is 1. The van der Waals surface area contributed by atoms with Crippen molar-refractivity contribution in [3.8, 4) is 0 Å². The van der Waals surface area contributed by atoms with Crippen LogP contribution in [0.2, 0.25) is 0 Å². The van der Waals surface area contributed by atoms with Gasteiger partial charge in [0.1, 0.15) is 0 Å². The number of nitrogens with zero attached hydrogens (tertiary/aromatic N) is 3. The van der Waals surface area contributed by atoms with Crippen LogP contribution in [0.5, 0.6) is 0 Å². The van der Waals surface area contributed by atoms with Crippen LogP contribution in [-0.2, 0) is 18.3 Å². The van der Waals surface area contributed by atoms with E-state index in [4.69, 9.17) is 5.73 Å². The van der Waals surface area contributed by atoms with Crippen molar-refractivity contribution >= 4 is 5.91 Å². The number of hydrogen-bond acceptors (Lipinski definition) is 3. The minimum absolute atomic E-state index is 0.106. The topological polar surface area (TPSA) is 64.2 Å². The number of amides is 1. The molecule has 2 rings (SSSR count). The summed E-state index contributed by atoms with van der Waals surface area (Å²) in [7, 11) is 1.90. The molecule has 5 heteroatoms. The van der Waals surface area contributed by atoms with Gasteiger partial charge in [0.05, 0.1) is 11.6 Å². The highest BCUT2D eigenvalue weighted by molar-refractivity contribution is 5.79. The molecule has 18 heavy (non-hydrogen) atoms. The van der Waals surface area contributed by atoms with Crippen LogP contribution in [-0.4, -0.2) is 40.2 Å². The van der Waals surface area contributed by atoms with E-state index in [0.29, 0.717) is 13.0 Å². The molecule has 0 radical (unpaired) electrons. The number of carbonyl (C=O) groups excluding carboxylic acids is 1. The predicted octanol–water partition coefficient (Wildman–Crippen LogP) is 0.468. The first-order valence-corrected chi connectivity index (χ1v) is 6.59. The van der Waals surface area contributed by atoms with Crippen LogP contribution in [0.25, 0.3) is 0 Å². The van der Waals surface area contributed by atoms with Gasteiger partial charge in [-0.25, -0.2) is 0 Å². The molecule has 2 heterocycles. The molecule has 1 aromatic rings. The van der Waals surface area contributed by atoms with Crippen molar-refractivity contribution in [1.82, 2.24) is 14.7 Å². The monoisotopic (exact) mass is 250 g/mol. The first kappa shape index (κ1) is 13.1. The lowest BCUT2D eigenvalue weighted by Crippen LogP contribution is -2.38. The van der Waals surface area contributed by atoms with Crippen LogP contribution >= 0.6 is 0 Å². The molecule has 1 aliphatic rings. The van der Waals surface area contributed by atoms with Crippen molar-refractivity contribution in [1.29, 1.82) is 0 Å². The summed E-state index contributed by atoms with van der Waals surface area (Å²) in [5, 5.41) is 4.31. The largest absolute Gasteiger partial charge is 0.342 e. The van der Waals surface area contributed by atoms with Crippen LogP contribution in [0, 0.1) is 12.8 Å². The summed E-state index contributed by atoms with van der Waals surface area (Å²) in [4.78, 5) is 14.3. The summed E-state index contributed by atoms with van der Waals surface area (Å²) < 4.78 is 1.79. The van der Waals surface area contributed by atoms with E-state index in [0.717, 1.165) is 37.2 Å². The number of carbonyl (C=O) groups is 1. The molecular formula is C13H22N4O. The Hall–Kier alpha value is -1.36. The molecule has 0 bridgehead atoms. The van der Waals surface area contributed by atoms with Gasteiger partial charge in [-0.2, -0.15) is 5.10 Å². The quantitative estimate of drug-likeness (QED) is 0.844. The minimum Gasteiger partial charge on any atom is -0.342 e. The maximum Gasteiger partial charge on any atom is 0.227 e. The van der Waals surface area contributed by atoms with Gasteiger partial charge in [0.25, 0.3) is 0 Å². The zero-order valence-electron chi connectivity index (χ0n) is 11.2. The Labute approximate surface area is 108 Å². The Kier molecular flexibility index (Phi) is 4.01. The van der Waals surface area contributed by atoms with Gasteiger partial charge in [0, 0.05) is 32.9 Å². The fourth-order valence-corrected chi connectivity index (χ4v) is 2.58. The smallest absolute Gasteiger partial charge is 0.227 e. The summed E-state index contributed by atoms with van der Waals surface area (Å²) in [5.74, 6) is 0.101. The Bertz CT molecular complexity index is 421. The van der Waals surface area contributed by atoms with Gasteiger partial charge in [0.2, 0.25) is 5.91 Å². The minimum atomic E-state index is -0.106. The van der Waals surface area contributed by atoms with Gasteiger partial charge in [0.15, 0.2) is 0 Å². The van der Waals surface area contributed by atoms with E-state index in [2.05, 4.69) is 5.10 Å². The third kappa shape index (κ3) is 2.72. The molecule has 1 amide bonds. The number of nitrogens with two attached hydrogens (primary N) is 1. The zero-order valence-corrected chi connectivity index (χ0v) is 11.2. The second-order valence-corrected chi connectivity index (χ2v) is 5.08. The molecule has 0 aromatic carbocycles. The zero-order chi connectivity index (χ0) is 13.1. The van der Waals surface area contributed by atoms with Crippen LogP contribution in [0.1, 0.15) is 24.1 Å². The molecule has 1 aromatic heterocycles. The molecule has 2 N–H and O–H groups in total. The summed E-state index contributed by atoms with van der Waals surface area (Å²) in [6.45, 7) is 4.16. The Morgan fingerprint density at radius 2 is 2.17 bits per heavy atom. The SMILES string of the molecule is Cc1nn(C)cc1CC(CN)C(=O)N1CCCC1. The Balaban J connectivity index is 2.04. The lowest BCUT2D eigenvalue weighted by atomic mass is 9.98. The molecule has 5 nitrogen and oxygen atoms in total. The normalized spacial score (nSPS) is 17.2. The Morgan fingerprint density at radius 1 is 1.50 bits per heavy atom. The maximum atomic E-state index is 12.3. The van der Waals surface area contributed by atoms with Gasteiger partial charge >= 0.3 is 0 Å². The lowest BCUT2D eigenvalue weighted by molar-refractivity contribution is -0.134. The highest BCUT2D eigenvalue weighted by Gasteiger charge is 2.26. The second-order valence-electron chi connectivity index (χ2n) is 5.08. The van der Waals surface area contributed by atoms with Crippen LogP contribution in [0.3, 0.4) is 0 Å². The lowest BCUT2D eigenvalue weighted by Gasteiger charge is -2.21. The summed E-state index contributed by atoms with van der Waals surface area (Å²) in [5.41, 5.74) is 7.89. The molecule has 1 unspecified atom stereocenters. The third-order valence-corrected chi connectivity index (χ3v) is 3.63. The molecule has 1 saturated heterocycles. The molecule has 0 aliphatic carbocycles. The molecule has 1 fully saturated rings. The number of likely N-dealkylation sites (tertiary alicyclic amines) is 1. The molecule has 100 valence electrons. The molecule has 1 atom stereocenters. The second kappa shape index (κ2) is 5.52. The highest BCUT2D eigenvalue weighted by atomic mass is 16.2. The summed E-state index contributed by atoms with van der Waals surface area (Å²) in [6, 6.07) is 0. The predicted molar refractivity (Wildman–Crippen MR) is 70.0 cm³/mol. The fourth-order valence-electron chi connectivity index (χ4n) is 2.58. The van der Waals surface area contributed by atoms with Crippen LogP contribution in [0.4, 0.5) is 0 Å². The number of aromatic nitrogens is 2. The summed E-state index contributed by atoms with van der Waals surface area (Å²) >= 11 is 0. The van der Waals surface area contributed by atoms with Crippen molar-refractivity contribution in [3.05, 3.63) is 17.5 Å². The van der Waals surface area contributed by atoms with E-state index in [1.807, 2.05) is 25.1 Å². The molecule has 1 aliphatic heterocycles. The van der Waals surface area contributed by atoms with E-state index in [1.165, 1.54) is 0 Å². The van der Waals surface area contributed by atoms with Crippen LogP contribution in [0.15, 0.2) is 6.20 Å². The summed E-state index contributed by atoms with van der Waals surface area (Å²) in [6.07, 6.45) is 4.92. The van der Waals surface area contributed by atoms with Gasteiger partial charge < -0.3 is 10.6 Å². The van der Waals surface area contributed by atoms with E-state index in [-0.39, 0.29) is 11.8 Å². The average molecular weight is 250 g/mol. The van der Waals surface area contributed by atoms with Gasteiger partial charge in [-0.05, 0) is 31.7 Å². The highest BCUT2D eigenvalue weighted by Crippen LogP contribution is 2.17. The van der Waals surface area contributed by atoms with E-state index in [1.54, 1.807) is 4.68 Å². The van der Waals surface area contributed by atoms with Crippen LogP contribution < -0.4 is 5.73 Å². The van der Waals surface area contributed by atoms with Gasteiger partial charge in [-0.3, -0.25) is 9.48 Å². The third-order valence-electron chi connectivity index (χ3n) is 3.63. The molecular weight excluding hydrogens is 228 g/mol. The number of rotatable bonds is 4. The van der Waals surface area contributed by atoms with Crippen molar-refractivity contribution < 1.29 is 4.79 Å². The van der Waals surface area contributed by atoms with Crippen molar-refractivity contribution in [2.24, 2.45) is 18.7 Å². The number of aryl methyl sites for hydroxylation is 2. The van der Waals surface area contributed by atoms with E-state index >= 15 is 0 Å². The molecule has 0 saturated carbocycles. The fraction of sp³-hybridized carbons (Fsp3) is 0.692. The van der Waals surface area contributed by atoms with Crippen molar-refractivity contribution in [2.45, 2.75) is 26.2 Å². The maximum absolute atomic E-state index is 12.3.